The lowest BCUT2D eigenvalue weighted by Gasteiger charge is -2.42. The maximum atomic E-state index is 13.8. The van der Waals surface area contributed by atoms with Crippen molar-refractivity contribution in [1.82, 2.24) is 16.0 Å². The van der Waals surface area contributed by atoms with Crippen LogP contribution in [0.3, 0.4) is 0 Å². The first-order valence-electron chi connectivity index (χ1n) is 13.0. The number of aryl methyl sites for hydroxylation is 1. The molecule has 2 saturated carbocycles. The molecular formula is C27H38FN3O. The van der Waals surface area contributed by atoms with Gasteiger partial charge in [0.25, 0.3) is 0 Å². The van der Waals surface area contributed by atoms with Crippen molar-refractivity contribution in [3.8, 4) is 0 Å². The number of carbonyl (C=O) groups is 1. The third-order valence-electron chi connectivity index (χ3n) is 8.17. The number of hydrogen-bond acceptors (Lipinski definition) is 3. The van der Waals surface area contributed by atoms with E-state index >= 15 is 0 Å². The molecule has 4 nitrogen and oxygen atoms in total. The molecule has 2 unspecified atom stereocenters. The topological polar surface area (TPSA) is 53.2 Å². The zero-order chi connectivity index (χ0) is 21.9. The van der Waals surface area contributed by atoms with E-state index in [0.717, 1.165) is 41.8 Å². The van der Waals surface area contributed by atoms with Crippen molar-refractivity contribution in [2.45, 2.75) is 102 Å². The summed E-state index contributed by atoms with van der Waals surface area (Å²) in [7, 11) is 0. The second-order valence-corrected chi connectivity index (χ2v) is 10.5. The van der Waals surface area contributed by atoms with Crippen LogP contribution >= 0.6 is 0 Å². The molecule has 2 fully saturated rings. The first-order chi connectivity index (χ1) is 15.7. The molecule has 0 saturated heterocycles. The fourth-order valence-electron chi connectivity index (χ4n) is 6.43. The summed E-state index contributed by atoms with van der Waals surface area (Å²) in [5.74, 6) is 1.28. The standard InChI is InChI=1S/C27H38FN3O/c28-21-12-13-22-20(17-21)11-14-23-26(22)29-24(15-18-7-3-1-4-8-18)27(30-23)31-25(32)16-19-9-5-2-6-10-19/h12-13,17-19,24,27,29-30H,1-11,14-16H2,(H,31,32). The quantitative estimate of drug-likeness (QED) is 0.577. The molecule has 0 bridgehead atoms. The number of amides is 1. The second kappa shape index (κ2) is 9.84. The van der Waals surface area contributed by atoms with Crippen LogP contribution in [-0.2, 0) is 11.2 Å². The summed E-state index contributed by atoms with van der Waals surface area (Å²) >= 11 is 0. The monoisotopic (exact) mass is 439 g/mol. The van der Waals surface area contributed by atoms with Gasteiger partial charge in [0.15, 0.2) is 0 Å². The van der Waals surface area contributed by atoms with Crippen molar-refractivity contribution in [3.63, 3.8) is 0 Å². The van der Waals surface area contributed by atoms with E-state index in [9.17, 15) is 9.18 Å². The van der Waals surface area contributed by atoms with Gasteiger partial charge in [-0.3, -0.25) is 4.79 Å². The minimum absolute atomic E-state index is 0.0752. The third kappa shape index (κ3) is 4.97. The lowest BCUT2D eigenvalue weighted by molar-refractivity contribution is -0.123. The molecule has 0 spiro atoms. The lowest BCUT2D eigenvalue weighted by Crippen LogP contribution is -2.61. The highest BCUT2D eigenvalue weighted by Gasteiger charge is 2.35. The molecule has 1 aromatic rings. The maximum Gasteiger partial charge on any atom is 0.221 e. The molecule has 3 N–H and O–H groups in total. The van der Waals surface area contributed by atoms with E-state index in [1.165, 1.54) is 64.2 Å². The highest BCUT2D eigenvalue weighted by Crippen LogP contribution is 2.35. The number of benzene rings is 1. The van der Waals surface area contributed by atoms with E-state index in [1.54, 1.807) is 12.1 Å². The van der Waals surface area contributed by atoms with Gasteiger partial charge in [0.1, 0.15) is 12.0 Å². The van der Waals surface area contributed by atoms with E-state index in [4.69, 9.17) is 0 Å². The van der Waals surface area contributed by atoms with Crippen LogP contribution in [0.5, 0.6) is 0 Å². The van der Waals surface area contributed by atoms with E-state index in [1.807, 2.05) is 6.07 Å². The molecule has 5 heteroatoms. The van der Waals surface area contributed by atoms with Crippen molar-refractivity contribution >= 4 is 11.6 Å². The lowest BCUT2D eigenvalue weighted by atomic mass is 9.82. The number of halogens is 1. The molecule has 0 radical (unpaired) electrons. The van der Waals surface area contributed by atoms with Crippen LogP contribution in [0, 0.1) is 17.7 Å². The van der Waals surface area contributed by atoms with Gasteiger partial charge in [0.05, 0.1) is 11.7 Å². The summed E-state index contributed by atoms with van der Waals surface area (Å²) in [6, 6.07) is 5.30. The molecule has 1 heterocycles. The average molecular weight is 440 g/mol. The molecule has 3 aliphatic carbocycles. The summed E-state index contributed by atoms with van der Waals surface area (Å²) in [5, 5.41) is 10.9. The van der Waals surface area contributed by atoms with Crippen LogP contribution in [0.4, 0.5) is 4.39 Å². The van der Waals surface area contributed by atoms with Gasteiger partial charge in [-0.1, -0.05) is 51.4 Å². The first-order valence-corrected chi connectivity index (χ1v) is 13.0. The summed E-state index contributed by atoms with van der Waals surface area (Å²) < 4.78 is 13.8. The maximum absolute atomic E-state index is 13.8. The Bertz CT molecular complexity index is 854. The fourth-order valence-corrected chi connectivity index (χ4v) is 6.43. The fraction of sp³-hybridized carbons (Fsp3) is 0.667. The van der Waals surface area contributed by atoms with Crippen molar-refractivity contribution in [2.75, 3.05) is 0 Å². The van der Waals surface area contributed by atoms with Crippen LogP contribution in [-0.4, -0.2) is 18.1 Å². The van der Waals surface area contributed by atoms with Gasteiger partial charge in [-0.25, -0.2) is 4.39 Å². The summed E-state index contributed by atoms with van der Waals surface area (Å²) in [6.07, 6.45) is 16.1. The Kier molecular flexibility index (Phi) is 6.70. The van der Waals surface area contributed by atoms with Gasteiger partial charge < -0.3 is 16.0 Å². The highest BCUT2D eigenvalue weighted by atomic mass is 19.1. The van der Waals surface area contributed by atoms with Gasteiger partial charge in [0, 0.05) is 17.7 Å². The minimum atomic E-state index is -0.164. The average Bonchev–Trinajstić information content (AvgIpc) is 2.80. The molecule has 1 amide bonds. The van der Waals surface area contributed by atoms with E-state index < -0.39 is 0 Å². The van der Waals surface area contributed by atoms with Crippen LogP contribution in [0.15, 0.2) is 23.9 Å². The number of nitrogens with one attached hydrogen (secondary N) is 3. The predicted molar refractivity (Wildman–Crippen MR) is 126 cm³/mol. The minimum Gasteiger partial charge on any atom is -0.376 e. The molecule has 0 aromatic heterocycles. The first kappa shape index (κ1) is 21.8. The number of allylic oxidation sites excluding steroid dienone is 1. The second-order valence-electron chi connectivity index (χ2n) is 10.5. The zero-order valence-corrected chi connectivity index (χ0v) is 19.2. The van der Waals surface area contributed by atoms with Crippen LogP contribution < -0.4 is 16.0 Å². The summed E-state index contributed by atoms with van der Waals surface area (Å²) in [5.41, 5.74) is 4.46. The molecule has 5 rings (SSSR count). The molecule has 174 valence electrons. The normalized spacial score (nSPS) is 26.5. The smallest absolute Gasteiger partial charge is 0.221 e. The Morgan fingerprint density at radius 1 is 0.938 bits per heavy atom. The van der Waals surface area contributed by atoms with Crippen molar-refractivity contribution in [3.05, 3.63) is 40.8 Å². The number of hydrogen-bond donors (Lipinski definition) is 3. The van der Waals surface area contributed by atoms with Gasteiger partial charge in [-0.15, -0.1) is 0 Å². The largest absolute Gasteiger partial charge is 0.376 e. The Balaban J connectivity index is 1.33. The van der Waals surface area contributed by atoms with Crippen LogP contribution in [0.1, 0.15) is 94.6 Å². The van der Waals surface area contributed by atoms with Crippen molar-refractivity contribution < 1.29 is 9.18 Å². The molecule has 1 aliphatic heterocycles. The molecule has 1 aromatic carbocycles. The molecular weight excluding hydrogens is 401 g/mol. The predicted octanol–water partition coefficient (Wildman–Crippen LogP) is 5.39. The number of fused-ring (bicyclic) bond motifs is 2. The van der Waals surface area contributed by atoms with Gasteiger partial charge in [0.2, 0.25) is 5.91 Å². The Hall–Kier alpha value is -2.04. The summed E-state index contributed by atoms with van der Waals surface area (Å²) in [6.45, 7) is 0. The van der Waals surface area contributed by atoms with Gasteiger partial charge in [-0.2, -0.15) is 0 Å². The molecule has 4 aliphatic rings. The Morgan fingerprint density at radius 2 is 1.66 bits per heavy atom. The number of rotatable bonds is 5. The molecule has 32 heavy (non-hydrogen) atoms. The number of carbonyl (C=O) groups excluding carboxylic acids is 1. The molecule has 2 atom stereocenters. The van der Waals surface area contributed by atoms with Gasteiger partial charge in [-0.05, 0) is 67.7 Å². The van der Waals surface area contributed by atoms with E-state index in [0.29, 0.717) is 18.3 Å². The van der Waals surface area contributed by atoms with Crippen LogP contribution in [0.2, 0.25) is 0 Å². The SMILES string of the molecule is O=C(CC1CCCCC1)NC1NC2=C(NC1CC1CCCCC1)c1ccc(F)cc1CC2. The van der Waals surface area contributed by atoms with Gasteiger partial charge >= 0.3 is 0 Å². The van der Waals surface area contributed by atoms with Crippen LogP contribution in [0.25, 0.3) is 5.70 Å². The van der Waals surface area contributed by atoms with E-state index in [2.05, 4.69) is 16.0 Å². The zero-order valence-electron chi connectivity index (χ0n) is 19.2. The van der Waals surface area contributed by atoms with Crippen molar-refractivity contribution in [2.24, 2.45) is 11.8 Å². The third-order valence-corrected chi connectivity index (χ3v) is 8.17. The highest BCUT2D eigenvalue weighted by molar-refractivity contribution is 5.77. The van der Waals surface area contributed by atoms with E-state index in [-0.39, 0.29) is 23.9 Å². The Morgan fingerprint density at radius 3 is 2.41 bits per heavy atom. The van der Waals surface area contributed by atoms with Crippen molar-refractivity contribution in [1.29, 1.82) is 0 Å². The Labute approximate surface area is 191 Å². The summed E-state index contributed by atoms with van der Waals surface area (Å²) in [4.78, 5) is 13.0.